The highest BCUT2D eigenvalue weighted by molar-refractivity contribution is 5.97. The Morgan fingerprint density at radius 3 is 2.39 bits per heavy atom. The Balaban J connectivity index is 1.54. The first-order valence-electron chi connectivity index (χ1n) is 9.08. The molecule has 0 radical (unpaired) electrons. The van der Waals surface area contributed by atoms with Gasteiger partial charge in [-0.1, -0.05) is 42.5 Å². The van der Waals surface area contributed by atoms with E-state index in [0.29, 0.717) is 24.5 Å². The van der Waals surface area contributed by atoms with Crippen LogP contribution in [0.2, 0.25) is 0 Å². The highest BCUT2D eigenvalue weighted by atomic mass is 16.5. The molecule has 3 rings (SSSR count). The van der Waals surface area contributed by atoms with Crippen LogP contribution < -0.4 is 14.9 Å². The van der Waals surface area contributed by atoms with Crippen molar-refractivity contribution >= 4 is 12.1 Å². The fourth-order valence-corrected chi connectivity index (χ4v) is 2.55. The van der Waals surface area contributed by atoms with Crippen LogP contribution in [0.3, 0.4) is 0 Å². The largest absolute Gasteiger partial charge is 0.493 e. The average molecular weight is 374 g/mol. The van der Waals surface area contributed by atoms with Crippen molar-refractivity contribution in [1.82, 2.24) is 5.43 Å². The predicted molar refractivity (Wildman–Crippen MR) is 110 cm³/mol. The minimum Gasteiger partial charge on any atom is -0.493 e. The van der Waals surface area contributed by atoms with Crippen molar-refractivity contribution in [3.63, 3.8) is 0 Å². The number of ether oxygens (including phenoxy) is 2. The van der Waals surface area contributed by atoms with Gasteiger partial charge in [0.2, 0.25) is 0 Å². The standard InChI is InChI=1S/C23H22N2O3/c1-2-27-22-11-7-6-10-21(22)23(26)25-24-16-18-12-14-20(15-13-18)28-17-19-8-4-3-5-9-19/h3-16H,2,17H2,1H3,(H,25,26). The number of para-hydroxylation sites is 1. The van der Waals surface area contributed by atoms with E-state index < -0.39 is 0 Å². The molecule has 1 N–H and O–H groups in total. The number of benzene rings is 3. The summed E-state index contributed by atoms with van der Waals surface area (Å²) >= 11 is 0. The number of rotatable bonds is 8. The van der Waals surface area contributed by atoms with Crippen LogP contribution in [0.4, 0.5) is 0 Å². The monoisotopic (exact) mass is 374 g/mol. The van der Waals surface area contributed by atoms with Gasteiger partial charge in [0.05, 0.1) is 18.4 Å². The molecule has 3 aromatic carbocycles. The van der Waals surface area contributed by atoms with Gasteiger partial charge in [0.15, 0.2) is 0 Å². The summed E-state index contributed by atoms with van der Waals surface area (Å²) in [5, 5.41) is 4.02. The van der Waals surface area contributed by atoms with Crippen LogP contribution in [0.1, 0.15) is 28.4 Å². The minimum absolute atomic E-state index is 0.317. The van der Waals surface area contributed by atoms with Crippen LogP contribution in [-0.4, -0.2) is 18.7 Å². The van der Waals surface area contributed by atoms with E-state index in [1.165, 1.54) is 0 Å². The Hall–Kier alpha value is -3.60. The first-order chi connectivity index (χ1) is 13.8. The van der Waals surface area contributed by atoms with E-state index in [2.05, 4.69) is 10.5 Å². The van der Waals surface area contributed by atoms with Gasteiger partial charge in [-0.3, -0.25) is 4.79 Å². The molecule has 0 heterocycles. The van der Waals surface area contributed by atoms with Gasteiger partial charge < -0.3 is 9.47 Å². The van der Waals surface area contributed by atoms with Crippen molar-refractivity contribution in [2.24, 2.45) is 5.10 Å². The second-order valence-electron chi connectivity index (χ2n) is 5.97. The zero-order valence-corrected chi connectivity index (χ0v) is 15.7. The zero-order chi connectivity index (χ0) is 19.6. The van der Waals surface area contributed by atoms with E-state index in [1.807, 2.05) is 67.6 Å². The van der Waals surface area contributed by atoms with Crippen molar-refractivity contribution in [2.45, 2.75) is 13.5 Å². The van der Waals surface area contributed by atoms with Crippen molar-refractivity contribution in [3.05, 3.63) is 95.6 Å². The molecule has 0 aliphatic rings. The summed E-state index contributed by atoms with van der Waals surface area (Å²) in [6.45, 7) is 2.88. The first-order valence-corrected chi connectivity index (χ1v) is 9.08. The molecule has 0 bridgehead atoms. The number of nitrogens with one attached hydrogen (secondary N) is 1. The molecule has 0 aliphatic carbocycles. The molecule has 3 aromatic rings. The highest BCUT2D eigenvalue weighted by Gasteiger charge is 2.10. The molecule has 0 spiro atoms. The maximum Gasteiger partial charge on any atom is 0.275 e. The lowest BCUT2D eigenvalue weighted by Crippen LogP contribution is -2.18. The lowest BCUT2D eigenvalue weighted by atomic mass is 10.2. The van der Waals surface area contributed by atoms with E-state index in [9.17, 15) is 4.79 Å². The molecular weight excluding hydrogens is 352 g/mol. The Labute approximate surface area is 164 Å². The fraction of sp³-hybridized carbons (Fsp3) is 0.130. The second-order valence-corrected chi connectivity index (χ2v) is 5.97. The van der Waals surface area contributed by atoms with Gasteiger partial charge in [0.1, 0.15) is 18.1 Å². The van der Waals surface area contributed by atoms with Crippen LogP contribution in [0.25, 0.3) is 0 Å². The molecule has 142 valence electrons. The number of carbonyl (C=O) groups is 1. The second kappa shape index (κ2) is 9.92. The van der Waals surface area contributed by atoms with E-state index >= 15 is 0 Å². The quantitative estimate of drug-likeness (QED) is 0.469. The van der Waals surface area contributed by atoms with Gasteiger partial charge in [0, 0.05) is 0 Å². The number of carbonyl (C=O) groups excluding carboxylic acids is 1. The average Bonchev–Trinajstić information content (AvgIpc) is 2.74. The van der Waals surface area contributed by atoms with Gasteiger partial charge >= 0.3 is 0 Å². The summed E-state index contributed by atoms with van der Waals surface area (Å²) in [4.78, 5) is 12.3. The molecule has 5 nitrogen and oxygen atoms in total. The van der Waals surface area contributed by atoms with Crippen LogP contribution in [0.5, 0.6) is 11.5 Å². The SMILES string of the molecule is CCOc1ccccc1C(=O)NN=Cc1ccc(OCc2ccccc2)cc1. The molecular formula is C23H22N2O3. The molecule has 0 saturated carbocycles. The van der Waals surface area contributed by atoms with Crippen LogP contribution >= 0.6 is 0 Å². The van der Waals surface area contributed by atoms with Crippen LogP contribution in [0, 0.1) is 0 Å². The predicted octanol–water partition coefficient (Wildman–Crippen LogP) is 4.43. The number of amides is 1. The summed E-state index contributed by atoms with van der Waals surface area (Å²) in [6.07, 6.45) is 1.59. The number of hydrazone groups is 1. The molecule has 5 heteroatoms. The third-order valence-corrected chi connectivity index (χ3v) is 3.94. The summed E-state index contributed by atoms with van der Waals surface area (Å²) in [7, 11) is 0. The summed E-state index contributed by atoms with van der Waals surface area (Å²) in [6, 6.07) is 24.6. The van der Waals surface area contributed by atoms with E-state index in [4.69, 9.17) is 9.47 Å². The highest BCUT2D eigenvalue weighted by Crippen LogP contribution is 2.17. The Morgan fingerprint density at radius 1 is 0.929 bits per heavy atom. The van der Waals surface area contributed by atoms with Crippen molar-refractivity contribution in [1.29, 1.82) is 0 Å². The van der Waals surface area contributed by atoms with Gasteiger partial charge in [-0.15, -0.1) is 0 Å². The van der Waals surface area contributed by atoms with Gasteiger partial charge in [-0.05, 0) is 54.4 Å². The summed E-state index contributed by atoms with van der Waals surface area (Å²) in [5.74, 6) is 0.997. The normalized spacial score (nSPS) is 10.6. The Bertz CT molecular complexity index is 922. The maximum absolute atomic E-state index is 12.3. The number of hydrogen-bond acceptors (Lipinski definition) is 4. The molecule has 0 saturated heterocycles. The van der Waals surface area contributed by atoms with E-state index in [1.54, 1.807) is 24.4 Å². The molecule has 0 unspecified atom stereocenters. The summed E-state index contributed by atoms with van der Waals surface area (Å²) in [5.41, 5.74) is 4.94. The maximum atomic E-state index is 12.3. The Kier molecular flexibility index (Phi) is 6.79. The van der Waals surface area contributed by atoms with Gasteiger partial charge in [0.25, 0.3) is 5.91 Å². The fourth-order valence-electron chi connectivity index (χ4n) is 2.55. The van der Waals surface area contributed by atoms with Crippen LogP contribution in [-0.2, 0) is 6.61 Å². The van der Waals surface area contributed by atoms with Crippen molar-refractivity contribution in [3.8, 4) is 11.5 Å². The van der Waals surface area contributed by atoms with Gasteiger partial charge in [-0.2, -0.15) is 5.10 Å². The molecule has 0 aromatic heterocycles. The zero-order valence-electron chi connectivity index (χ0n) is 15.7. The third kappa shape index (κ3) is 5.45. The van der Waals surface area contributed by atoms with Gasteiger partial charge in [-0.25, -0.2) is 5.43 Å². The van der Waals surface area contributed by atoms with Crippen molar-refractivity contribution in [2.75, 3.05) is 6.61 Å². The first kappa shape index (κ1) is 19.2. The Morgan fingerprint density at radius 2 is 1.64 bits per heavy atom. The smallest absolute Gasteiger partial charge is 0.275 e. The topological polar surface area (TPSA) is 59.9 Å². The minimum atomic E-state index is -0.317. The van der Waals surface area contributed by atoms with E-state index in [-0.39, 0.29) is 5.91 Å². The lowest BCUT2D eigenvalue weighted by molar-refractivity contribution is 0.0951. The molecule has 0 fully saturated rings. The summed E-state index contributed by atoms with van der Waals surface area (Å²) < 4.78 is 11.2. The van der Waals surface area contributed by atoms with E-state index in [0.717, 1.165) is 16.9 Å². The molecule has 1 amide bonds. The van der Waals surface area contributed by atoms with Crippen LogP contribution in [0.15, 0.2) is 84.0 Å². The molecule has 28 heavy (non-hydrogen) atoms. The van der Waals surface area contributed by atoms with Crippen molar-refractivity contribution < 1.29 is 14.3 Å². The molecule has 0 aliphatic heterocycles. The lowest BCUT2D eigenvalue weighted by Gasteiger charge is -2.08. The number of hydrogen-bond donors (Lipinski definition) is 1. The number of nitrogens with zero attached hydrogens (tertiary/aromatic N) is 1. The third-order valence-electron chi connectivity index (χ3n) is 3.94. The molecule has 0 atom stereocenters.